The number of phenols is 1. The first-order chi connectivity index (χ1) is 15.0. The van der Waals surface area contributed by atoms with Crippen molar-refractivity contribution in [2.75, 3.05) is 6.54 Å². The summed E-state index contributed by atoms with van der Waals surface area (Å²) in [6.45, 7) is 13.5. The van der Waals surface area contributed by atoms with E-state index in [1.807, 2.05) is 42.5 Å². The van der Waals surface area contributed by atoms with Crippen molar-refractivity contribution in [2.45, 2.75) is 45.7 Å². The van der Waals surface area contributed by atoms with Crippen molar-refractivity contribution < 1.29 is 10.2 Å². The summed E-state index contributed by atoms with van der Waals surface area (Å²) in [4.78, 5) is 2.36. The second kappa shape index (κ2) is 10.3. The lowest BCUT2D eigenvalue weighted by molar-refractivity contribution is 0.191. The Labute approximate surface area is 185 Å². The molecule has 0 amide bonds. The number of aromatic hydroxyl groups is 1. The minimum absolute atomic E-state index is 0.0644. The predicted octanol–water partition coefficient (Wildman–Crippen LogP) is 5.26. The number of rotatable bonds is 9. The Bertz CT molecular complexity index is 1170. The summed E-state index contributed by atoms with van der Waals surface area (Å²) in [6.07, 6.45) is 3.09. The molecule has 3 rings (SSSR count). The van der Waals surface area contributed by atoms with Gasteiger partial charge in [-0.2, -0.15) is 0 Å². The lowest BCUT2D eigenvalue weighted by atomic mass is 9.99. The number of hydrogen-bond donors (Lipinski definition) is 2. The average molecular weight is 416 g/mol. The third kappa shape index (κ3) is 5.18. The minimum atomic E-state index is 0.0644. The van der Waals surface area contributed by atoms with E-state index in [1.54, 1.807) is 6.07 Å². The van der Waals surface area contributed by atoms with Gasteiger partial charge in [0.15, 0.2) is 0 Å². The van der Waals surface area contributed by atoms with E-state index in [0.717, 1.165) is 51.6 Å². The smallest absolute Gasteiger partial charge is 0.120 e. The van der Waals surface area contributed by atoms with Crippen molar-refractivity contribution >= 4 is 22.9 Å². The van der Waals surface area contributed by atoms with Crippen LogP contribution in [0.5, 0.6) is 5.75 Å². The summed E-state index contributed by atoms with van der Waals surface area (Å²) in [5.74, 6) is 0.367. The monoisotopic (exact) mass is 415 g/mol. The highest BCUT2D eigenvalue weighted by Gasteiger charge is 2.21. The maximum Gasteiger partial charge on any atom is 0.120 e. The minimum Gasteiger partial charge on any atom is -0.508 e. The molecule has 0 aliphatic heterocycles. The quantitative estimate of drug-likeness (QED) is 0.469. The van der Waals surface area contributed by atoms with Gasteiger partial charge >= 0.3 is 0 Å². The number of fused-ring (bicyclic) bond motifs is 1. The molecule has 3 heteroatoms. The van der Waals surface area contributed by atoms with E-state index >= 15 is 0 Å². The van der Waals surface area contributed by atoms with E-state index in [4.69, 9.17) is 0 Å². The van der Waals surface area contributed by atoms with Crippen molar-refractivity contribution in [2.24, 2.45) is 0 Å². The van der Waals surface area contributed by atoms with Crippen LogP contribution in [0.4, 0.5) is 0 Å². The Balaban J connectivity index is 2.11. The molecule has 3 nitrogen and oxygen atoms in total. The van der Waals surface area contributed by atoms with E-state index < -0.39 is 0 Å². The number of phenolic OH excluding ortho intramolecular Hbond substituents is 1. The topological polar surface area (TPSA) is 43.7 Å². The van der Waals surface area contributed by atoms with Crippen LogP contribution in [-0.4, -0.2) is 27.7 Å². The van der Waals surface area contributed by atoms with Gasteiger partial charge in [0.25, 0.3) is 0 Å². The summed E-state index contributed by atoms with van der Waals surface area (Å²) in [7, 11) is 0. The van der Waals surface area contributed by atoms with Crippen LogP contribution >= 0.6 is 0 Å². The largest absolute Gasteiger partial charge is 0.508 e. The van der Waals surface area contributed by atoms with Crippen LogP contribution in [0.3, 0.4) is 0 Å². The molecular formula is C28H33NO2. The van der Waals surface area contributed by atoms with Crippen LogP contribution in [0, 0.1) is 0 Å². The van der Waals surface area contributed by atoms with Gasteiger partial charge in [0.05, 0.1) is 0 Å². The molecule has 0 aromatic heterocycles. The summed E-state index contributed by atoms with van der Waals surface area (Å²) in [6, 6.07) is 20.0. The van der Waals surface area contributed by atoms with E-state index in [2.05, 4.69) is 44.0 Å². The van der Waals surface area contributed by atoms with Gasteiger partial charge in [0, 0.05) is 30.3 Å². The van der Waals surface area contributed by atoms with Crippen LogP contribution in [0.15, 0.2) is 73.0 Å². The SMILES string of the molecule is C=C(O)/C(CN(Cc1c(O)ccc2ccccc12)C(CC)CCC)=c1/ccccc1=C. The molecule has 162 valence electrons. The van der Waals surface area contributed by atoms with Crippen LogP contribution < -0.4 is 10.4 Å². The Morgan fingerprint density at radius 2 is 1.71 bits per heavy atom. The number of aliphatic hydroxyl groups excluding tert-OH is 1. The first-order valence-corrected chi connectivity index (χ1v) is 11.0. The fourth-order valence-corrected chi connectivity index (χ4v) is 4.34. The molecule has 1 atom stereocenters. The second-order valence-electron chi connectivity index (χ2n) is 8.12. The van der Waals surface area contributed by atoms with Gasteiger partial charge in [0.1, 0.15) is 11.5 Å². The van der Waals surface area contributed by atoms with E-state index in [0.29, 0.717) is 24.9 Å². The van der Waals surface area contributed by atoms with Crippen molar-refractivity contribution in [1.82, 2.24) is 4.90 Å². The molecule has 1 unspecified atom stereocenters. The van der Waals surface area contributed by atoms with Crippen molar-refractivity contribution in [1.29, 1.82) is 0 Å². The number of aliphatic hydroxyl groups is 1. The molecule has 0 heterocycles. The lowest BCUT2D eigenvalue weighted by Crippen LogP contribution is -2.39. The summed E-state index contributed by atoms with van der Waals surface area (Å²) >= 11 is 0. The summed E-state index contributed by atoms with van der Waals surface area (Å²) < 4.78 is 0. The second-order valence-corrected chi connectivity index (χ2v) is 8.12. The predicted molar refractivity (Wildman–Crippen MR) is 131 cm³/mol. The molecule has 0 bridgehead atoms. The Hall–Kier alpha value is -3.04. The van der Waals surface area contributed by atoms with Crippen LogP contribution in [0.25, 0.3) is 22.9 Å². The van der Waals surface area contributed by atoms with Gasteiger partial charge in [-0.05, 0) is 40.1 Å². The Morgan fingerprint density at radius 3 is 2.39 bits per heavy atom. The molecule has 0 fully saturated rings. The molecule has 31 heavy (non-hydrogen) atoms. The molecule has 0 saturated carbocycles. The first-order valence-electron chi connectivity index (χ1n) is 11.0. The maximum absolute atomic E-state index is 10.7. The zero-order valence-electron chi connectivity index (χ0n) is 18.6. The molecule has 3 aromatic rings. The van der Waals surface area contributed by atoms with Crippen LogP contribution in [0.2, 0.25) is 0 Å². The van der Waals surface area contributed by atoms with Crippen LogP contribution in [-0.2, 0) is 6.54 Å². The van der Waals surface area contributed by atoms with Crippen molar-refractivity contribution in [3.8, 4) is 5.75 Å². The molecule has 0 radical (unpaired) electrons. The zero-order chi connectivity index (χ0) is 22.4. The molecular weight excluding hydrogens is 382 g/mol. The molecule has 0 aliphatic rings. The molecule has 0 saturated heterocycles. The molecule has 0 spiro atoms. The third-order valence-corrected chi connectivity index (χ3v) is 6.04. The van der Waals surface area contributed by atoms with Gasteiger partial charge in [-0.3, -0.25) is 4.90 Å². The average Bonchev–Trinajstić information content (AvgIpc) is 2.77. The summed E-state index contributed by atoms with van der Waals surface area (Å²) in [5.41, 5.74) is 1.69. The maximum atomic E-state index is 10.7. The Morgan fingerprint density at radius 1 is 1.00 bits per heavy atom. The van der Waals surface area contributed by atoms with Crippen LogP contribution in [0.1, 0.15) is 38.7 Å². The normalized spacial score (nSPS) is 13.4. The van der Waals surface area contributed by atoms with E-state index in [1.165, 1.54) is 0 Å². The fourth-order valence-electron chi connectivity index (χ4n) is 4.34. The highest BCUT2D eigenvalue weighted by Crippen LogP contribution is 2.30. The van der Waals surface area contributed by atoms with Crippen molar-refractivity contribution in [3.63, 3.8) is 0 Å². The summed E-state index contributed by atoms with van der Waals surface area (Å²) in [5, 5.41) is 25.2. The standard InChI is InChI=1S/C28H33NO2/c1-5-11-23(6-2)29(18-26(21(4)30)24-14-9-7-12-20(24)3)19-27-25-15-10-8-13-22(25)16-17-28(27)31/h7-10,12-17,23,30-31H,3-6,11,18-19H2,1-2H3/b26-24-. The fraction of sp³-hybridized carbons (Fsp3) is 0.286. The molecule has 0 aliphatic carbocycles. The van der Waals surface area contributed by atoms with E-state index in [-0.39, 0.29) is 5.76 Å². The molecule has 2 N–H and O–H groups in total. The van der Waals surface area contributed by atoms with Gasteiger partial charge in [-0.15, -0.1) is 0 Å². The zero-order valence-corrected chi connectivity index (χ0v) is 18.6. The van der Waals surface area contributed by atoms with Crippen molar-refractivity contribution in [3.05, 3.63) is 89.0 Å². The number of benzene rings is 3. The Kier molecular flexibility index (Phi) is 7.54. The number of hydrogen-bond acceptors (Lipinski definition) is 3. The lowest BCUT2D eigenvalue weighted by Gasteiger charge is -2.32. The molecule has 3 aromatic carbocycles. The van der Waals surface area contributed by atoms with Gasteiger partial charge in [-0.1, -0.05) is 88.0 Å². The van der Waals surface area contributed by atoms with Gasteiger partial charge < -0.3 is 10.2 Å². The highest BCUT2D eigenvalue weighted by molar-refractivity contribution is 5.87. The number of nitrogens with zero attached hydrogens (tertiary/aromatic N) is 1. The third-order valence-electron chi connectivity index (χ3n) is 6.04. The van der Waals surface area contributed by atoms with E-state index in [9.17, 15) is 10.2 Å². The highest BCUT2D eigenvalue weighted by atomic mass is 16.3. The first kappa shape index (κ1) is 22.6. The van der Waals surface area contributed by atoms with Gasteiger partial charge in [0.2, 0.25) is 0 Å². The van der Waals surface area contributed by atoms with Gasteiger partial charge in [-0.25, -0.2) is 0 Å².